The van der Waals surface area contributed by atoms with Crippen LogP contribution in [0, 0.1) is 11.7 Å². The SMILES string of the molecule is CNC(CCC(C)C)c1ccc(F)cc1Cl. The highest BCUT2D eigenvalue weighted by Crippen LogP contribution is 2.27. The van der Waals surface area contributed by atoms with Gasteiger partial charge in [-0.2, -0.15) is 0 Å². The molecule has 16 heavy (non-hydrogen) atoms. The Balaban J connectivity index is 2.78. The van der Waals surface area contributed by atoms with Gasteiger partial charge in [0.15, 0.2) is 0 Å². The Hall–Kier alpha value is -0.600. The van der Waals surface area contributed by atoms with E-state index in [0.29, 0.717) is 10.9 Å². The maximum atomic E-state index is 12.9. The first-order chi connectivity index (χ1) is 7.54. The summed E-state index contributed by atoms with van der Waals surface area (Å²) in [7, 11) is 1.91. The highest BCUT2D eigenvalue weighted by molar-refractivity contribution is 6.31. The molecular formula is C13H19ClFN. The van der Waals surface area contributed by atoms with Gasteiger partial charge in [-0.15, -0.1) is 0 Å². The molecule has 0 saturated carbocycles. The van der Waals surface area contributed by atoms with Crippen LogP contribution in [-0.4, -0.2) is 7.05 Å². The molecule has 1 rings (SSSR count). The summed E-state index contributed by atoms with van der Waals surface area (Å²) < 4.78 is 12.9. The van der Waals surface area contributed by atoms with Crippen LogP contribution >= 0.6 is 11.6 Å². The maximum Gasteiger partial charge on any atom is 0.124 e. The Morgan fingerprint density at radius 2 is 2.00 bits per heavy atom. The fourth-order valence-corrected chi connectivity index (χ4v) is 2.04. The lowest BCUT2D eigenvalue weighted by Crippen LogP contribution is -2.17. The number of nitrogens with one attached hydrogen (secondary N) is 1. The van der Waals surface area contributed by atoms with E-state index in [1.54, 1.807) is 6.07 Å². The zero-order valence-electron chi connectivity index (χ0n) is 10.1. The summed E-state index contributed by atoms with van der Waals surface area (Å²) in [5.74, 6) is 0.377. The summed E-state index contributed by atoms with van der Waals surface area (Å²) in [5.41, 5.74) is 0.978. The van der Waals surface area contributed by atoms with Crippen molar-refractivity contribution < 1.29 is 4.39 Å². The first-order valence-corrected chi connectivity index (χ1v) is 6.04. The molecule has 90 valence electrons. The zero-order chi connectivity index (χ0) is 12.1. The number of hydrogen-bond acceptors (Lipinski definition) is 1. The molecule has 1 unspecified atom stereocenters. The summed E-state index contributed by atoms with van der Waals surface area (Å²) >= 11 is 6.04. The van der Waals surface area contributed by atoms with Gasteiger partial charge < -0.3 is 5.32 Å². The lowest BCUT2D eigenvalue weighted by atomic mass is 9.98. The van der Waals surface area contributed by atoms with Crippen LogP contribution in [0.2, 0.25) is 5.02 Å². The van der Waals surface area contributed by atoms with E-state index in [0.717, 1.165) is 18.4 Å². The smallest absolute Gasteiger partial charge is 0.124 e. The molecule has 0 spiro atoms. The van der Waals surface area contributed by atoms with Crippen LogP contribution in [0.5, 0.6) is 0 Å². The summed E-state index contributed by atoms with van der Waals surface area (Å²) in [6.07, 6.45) is 2.14. The minimum atomic E-state index is -0.285. The quantitative estimate of drug-likeness (QED) is 0.818. The van der Waals surface area contributed by atoms with Gasteiger partial charge in [0.1, 0.15) is 5.82 Å². The number of benzene rings is 1. The Kier molecular flexibility index (Phi) is 5.23. The topological polar surface area (TPSA) is 12.0 Å². The van der Waals surface area contributed by atoms with E-state index in [-0.39, 0.29) is 11.9 Å². The first-order valence-electron chi connectivity index (χ1n) is 5.66. The minimum absolute atomic E-state index is 0.204. The summed E-state index contributed by atoms with van der Waals surface area (Å²) in [6.45, 7) is 4.39. The molecule has 1 aromatic carbocycles. The van der Waals surface area contributed by atoms with Crippen LogP contribution in [0.4, 0.5) is 4.39 Å². The third-order valence-corrected chi connectivity index (χ3v) is 3.05. The van der Waals surface area contributed by atoms with E-state index in [1.807, 2.05) is 7.05 Å². The zero-order valence-corrected chi connectivity index (χ0v) is 10.8. The average molecular weight is 244 g/mol. The molecule has 1 nitrogen and oxygen atoms in total. The van der Waals surface area contributed by atoms with Gasteiger partial charge in [0.2, 0.25) is 0 Å². The van der Waals surface area contributed by atoms with E-state index >= 15 is 0 Å². The van der Waals surface area contributed by atoms with E-state index < -0.39 is 0 Å². The van der Waals surface area contributed by atoms with Crippen molar-refractivity contribution in [3.05, 3.63) is 34.6 Å². The second-order valence-corrected chi connectivity index (χ2v) is 4.89. The molecule has 0 saturated heterocycles. The van der Waals surface area contributed by atoms with Gasteiger partial charge in [-0.1, -0.05) is 31.5 Å². The first kappa shape index (κ1) is 13.5. The number of halogens is 2. The third kappa shape index (κ3) is 3.76. The summed E-state index contributed by atoms with van der Waals surface area (Å²) in [6, 6.07) is 4.80. The highest BCUT2D eigenvalue weighted by Gasteiger charge is 2.13. The van der Waals surface area contributed by atoms with Crippen molar-refractivity contribution in [3.8, 4) is 0 Å². The number of hydrogen-bond donors (Lipinski definition) is 1. The minimum Gasteiger partial charge on any atom is -0.313 e. The Morgan fingerprint density at radius 1 is 1.31 bits per heavy atom. The van der Waals surface area contributed by atoms with Crippen molar-refractivity contribution in [3.63, 3.8) is 0 Å². The molecule has 0 bridgehead atoms. The molecule has 0 aromatic heterocycles. The van der Waals surface area contributed by atoms with E-state index in [9.17, 15) is 4.39 Å². The van der Waals surface area contributed by atoms with Gasteiger partial charge in [-0.25, -0.2) is 4.39 Å². The molecule has 0 radical (unpaired) electrons. The van der Waals surface area contributed by atoms with Crippen molar-refractivity contribution in [2.75, 3.05) is 7.05 Å². The third-order valence-electron chi connectivity index (χ3n) is 2.72. The van der Waals surface area contributed by atoms with E-state index in [1.165, 1.54) is 12.1 Å². The summed E-state index contributed by atoms with van der Waals surface area (Å²) in [5, 5.41) is 3.73. The van der Waals surface area contributed by atoms with Crippen molar-refractivity contribution in [1.29, 1.82) is 0 Å². The molecule has 0 aliphatic rings. The van der Waals surface area contributed by atoms with Crippen molar-refractivity contribution in [2.45, 2.75) is 32.7 Å². The van der Waals surface area contributed by atoms with Gasteiger partial charge >= 0.3 is 0 Å². The van der Waals surface area contributed by atoms with Gasteiger partial charge in [0, 0.05) is 11.1 Å². The maximum absolute atomic E-state index is 12.9. The van der Waals surface area contributed by atoms with Crippen LogP contribution in [0.1, 0.15) is 38.3 Å². The summed E-state index contributed by atoms with van der Waals surface area (Å²) in [4.78, 5) is 0. The molecule has 0 aliphatic carbocycles. The van der Waals surface area contributed by atoms with Crippen LogP contribution < -0.4 is 5.32 Å². The molecule has 0 aliphatic heterocycles. The normalized spacial score (nSPS) is 13.1. The van der Waals surface area contributed by atoms with Crippen LogP contribution in [0.3, 0.4) is 0 Å². The van der Waals surface area contributed by atoms with Gasteiger partial charge in [-0.3, -0.25) is 0 Å². The molecular weight excluding hydrogens is 225 g/mol. The standard InChI is InChI=1S/C13H19ClFN/c1-9(2)4-7-13(16-3)11-6-5-10(15)8-12(11)14/h5-6,8-9,13,16H,4,7H2,1-3H3. The average Bonchev–Trinajstić information content (AvgIpc) is 2.21. The Bertz CT molecular complexity index is 339. The largest absolute Gasteiger partial charge is 0.313 e. The monoisotopic (exact) mass is 243 g/mol. The Labute approximate surface area is 102 Å². The van der Waals surface area contributed by atoms with Gasteiger partial charge in [0.25, 0.3) is 0 Å². The second kappa shape index (κ2) is 6.21. The van der Waals surface area contributed by atoms with E-state index in [4.69, 9.17) is 11.6 Å². The molecule has 0 heterocycles. The van der Waals surface area contributed by atoms with Crippen LogP contribution in [-0.2, 0) is 0 Å². The lowest BCUT2D eigenvalue weighted by Gasteiger charge is -2.19. The van der Waals surface area contributed by atoms with Crippen LogP contribution in [0.15, 0.2) is 18.2 Å². The fraction of sp³-hybridized carbons (Fsp3) is 0.538. The molecule has 0 fully saturated rings. The molecule has 1 aromatic rings. The second-order valence-electron chi connectivity index (χ2n) is 4.48. The highest BCUT2D eigenvalue weighted by atomic mass is 35.5. The molecule has 3 heteroatoms. The van der Waals surface area contributed by atoms with Gasteiger partial charge in [0.05, 0.1) is 0 Å². The predicted molar refractivity (Wildman–Crippen MR) is 67.3 cm³/mol. The molecule has 0 amide bonds. The lowest BCUT2D eigenvalue weighted by molar-refractivity contribution is 0.464. The van der Waals surface area contributed by atoms with Crippen molar-refractivity contribution >= 4 is 11.6 Å². The number of rotatable bonds is 5. The fourth-order valence-electron chi connectivity index (χ4n) is 1.74. The Morgan fingerprint density at radius 3 is 2.50 bits per heavy atom. The van der Waals surface area contributed by atoms with Gasteiger partial charge in [-0.05, 0) is 43.5 Å². The molecule has 1 atom stereocenters. The van der Waals surface area contributed by atoms with E-state index in [2.05, 4.69) is 19.2 Å². The van der Waals surface area contributed by atoms with Crippen LogP contribution in [0.25, 0.3) is 0 Å². The predicted octanol–water partition coefficient (Wildman–Crippen LogP) is 4.18. The van der Waals surface area contributed by atoms with Crippen molar-refractivity contribution in [1.82, 2.24) is 5.32 Å². The van der Waals surface area contributed by atoms with Crippen molar-refractivity contribution in [2.24, 2.45) is 5.92 Å². The molecule has 1 N–H and O–H groups in total.